The summed E-state index contributed by atoms with van der Waals surface area (Å²) in [6.45, 7) is 0.0375. The number of urea groups is 1. The minimum Gasteiger partial charge on any atom is -0.476 e. The fraction of sp³-hybridized carbons (Fsp3) is 0.444. The van der Waals surface area contributed by atoms with Crippen molar-refractivity contribution in [3.8, 4) is 0 Å². The molecule has 2 amide bonds. The van der Waals surface area contributed by atoms with Crippen LogP contribution >= 0.6 is 11.3 Å². The van der Waals surface area contributed by atoms with Crippen LogP contribution in [0.5, 0.6) is 0 Å². The van der Waals surface area contributed by atoms with E-state index >= 15 is 0 Å². The van der Waals surface area contributed by atoms with Crippen LogP contribution in [0.3, 0.4) is 0 Å². The van der Waals surface area contributed by atoms with Crippen LogP contribution in [0.2, 0.25) is 0 Å². The van der Waals surface area contributed by atoms with E-state index in [1.807, 2.05) is 0 Å². The Morgan fingerprint density at radius 3 is 2.65 bits per heavy atom. The van der Waals surface area contributed by atoms with E-state index in [4.69, 9.17) is 5.11 Å². The highest BCUT2D eigenvalue weighted by atomic mass is 32.2. The fourth-order valence-corrected chi connectivity index (χ4v) is 2.39. The first-order chi connectivity index (χ1) is 9.34. The van der Waals surface area contributed by atoms with Gasteiger partial charge in [0, 0.05) is 11.9 Å². The minimum absolute atomic E-state index is 0.0345. The third kappa shape index (κ3) is 5.50. The summed E-state index contributed by atoms with van der Waals surface area (Å²) in [5, 5.41) is 15.3. The van der Waals surface area contributed by atoms with Crippen LogP contribution in [0.4, 0.5) is 4.79 Å². The molecule has 1 rings (SSSR count). The fourth-order valence-electron chi connectivity index (χ4n) is 1.11. The maximum Gasteiger partial charge on any atom is 0.355 e. The van der Waals surface area contributed by atoms with Crippen molar-refractivity contribution in [3.63, 3.8) is 0 Å². The number of nitrogens with one attached hydrogen (secondary N) is 3. The summed E-state index contributed by atoms with van der Waals surface area (Å²) < 4.78 is 24.3. The quantitative estimate of drug-likeness (QED) is 0.518. The number of rotatable bonds is 7. The number of amides is 2. The van der Waals surface area contributed by atoms with Gasteiger partial charge in [0.2, 0.25) is 10.0 Å². The molecule has 0 atom stereocenters. The SMILES string of the molecule is CNS(=O)(=O)CCNC(=O)NCc1nc(C(=O)O)cs1. The van der Waals surface area contributed by atoms with Crippen LogP contribution in [0.15, 0.2) is 5.38 Å². The van der Waals surface area contributed by atoms with E-state index in [9.17, 15) is 18.0 Å². The van der Waals surface area contributed by atoms with Crippen LogP contribution in [-0.2, 0) is 16.6 Å². The lowest BCUT2D eigenvalue weighted by Crippen LogP contribution is -2.39. The zero-order valence-electron chi connectivity index (χ0n) is 10.5. The molecule has 0 aromatic carbocycles. The molecule has 9 nitrogen and oxygen atoms in total. The van der Waals surface area contributed by atoms with Crippen molar-refractivity contribution in [2.45, 2.75) is 6.54 Å². The Hall–Kier alpha value is -1.72. The summed E-state index contributed by atoms with van der Waals surface area (Å²) in [7, 11) is -2.07. The van der Waals surface area contributed by atoms with Gasteiger partial charge >= 0.3 is 12.0 Å². The van der Waals surface area contributed by atoms with Crippen LogP contribution in [0, 0.1) is 0 Å². The van der Waals surface area contributed by atoms with Gasteiger partial charge < -0.3 is 15.7 Å². The predicted octanol–water partition coefficient (Wildman–Crippen LogP) is -0.810. The Kier molecular flexibility index (Phi) is 5.85. The Labute approximate surface area is 119 Å². The lowest BCUT2D eigenvalue weighted by Gasteiger charge is -2.06. The molecule has 112 valence electrons. The molecular formula is C9H14N4O5S2. The number of sulfonamides is 1. The molecule has 0 radical (unpaired) electrons. The van der Waals surface area contributed by atoms with Gasteiger partial charge in [0.15, 0.2) is 5.69 Å². The van der Waals surface area contributed by atoms with Crippen molar-refractivity contribution in [1.29, 1.82) is 0 Å². The molecule has 1 aromatic heterocycles. The third-order valence-electron chi connectivity index (χ3n) is 2.14. The van der Waals surface area contributed by atoms with E-state index in [1.165, 1.54) is 12.4 Å². The summed E-state index contributed by atoms with van der Waals surface area (Å²) in [5.41, 5.74) is -0.0766. The molecule has 4 N–H and O–H groups in total. The monoisotopic (exact) mass is 322 g/mol. The van der Waals surface area contributed by atoms with Crippen LogP contribution in [0.25, 0.3) is 0 Å². The lowest BCUT2D eigenvalue weighted by atomic mass is 10.5. The zero-order valence-corrected chi connectivity index (χ0v) is 12.2. The Morgan fingerprint density at radius 1 is 1.40 bits per heavy atom. The van der Waals surface area contributed by atoms with Gasteiger partial charge in [-0.2, -0.15) is 0 Å². The van der Waals surface area contributed by atoms with E-state index in [2.05, 4.69) is 20.3 Å². The van der Waals surface area contributed by atoms with Crippen LogP contribution in [0.1, 0.15) is 15.5 Å². The average molecular weight is 322 g/mol. The molecule has 1 heterocycles. The summed E-state index contributed by atoms with van der Waals surface area (Å²) in [6, 6.07) is -0.552. The Bertz CT molecular complexity index is 583. The topological polar surface area (TPSA) is 137 Å². The summed E-state index contributed by atoms with van der Waals surface area (Å²) in [4.78, 5) is 25.7. The normalized spacial score (nSPS) is 11.1. The maximum atomic E-state index is 11.4. The summed E-state index contributed by atoms with van der Waals surface area (Å²) in [5.74, 6) is -1.36. The van der Waals surface area contributed by atoms with Crippen molar-refractivity contribution >= 4 is 33.4 Å². The van der Waals surface area contributed by atoms with Crippen molar-refractivity contribution in [2.24, 2.45) is 0 Å². The first kappa shape index (κ1) is 16.3. The number of carboxylic acid groups (broad SMARTS) is 1. The number of aromatic nitrogens is 1. The van der Waals surface area contributed by atoms with Crippen molar-refractivity contribution in [2.75, 3.05) is 19.3 Å². The molecule has 0 saturated heterocycles. The van der Waals surface area contributed by atoms with Gasteiger partial charge in [0.25, 0.3) is 0 Å². The van der Waals surface area contributed by atoms with Gasteiger partial charge in [0.1, 0.15) is 5.01 Å². The number of nitrogens with zero attached hydrogens (tertiary/aromatic N) is 1. The van der Waals surface area contributed by atoms with E-state index in [1.54, 1.807) is 0 Å². The first-order valence-electron chi connectivity index (χ1n) is 5.44. The highest BCUT2D eigenvalue weighted by molar-refractivity contribution is 7.89. The molecule has 0 spiro atoms. The number of aromatic carboxylic acids is 1. The maximum absolute atomic E-state index is 11.4. The second-order valence-electron chi connectivity index (χ2n) is 3.56. The molecule has 0 bridgehead atoms. The van der Waals surface area contributed by atoms with Crippen molar-refractivity contribution in [3.05, 3.63) is 16.1 Å². The second-order valence-corrected chi connectivity index (χ2v) is 6.55. The number of hydrogen-bond donors (Lipinski definition) is 4. The van der Waals surface area contributed by atoms with Gasteiger partial charge in [-0.05, 0) is 7.05 Å². The molecule has 1 aromatic rings. The standard InChI is InChI=1S/C9H14N4O5S2/c1-10-20(17,18)3-2-11-9(16)12-4-7-13-6(5-19-7)8(14)15/h5,10H,2-4H2,1H3,(H,14,15)(H2,11,12,16). The third-order valence-corrected chi connectivity index (χ3v) is 4.35. The van der Waals surface area contributed by atoms with Crippen molar-refractivity contribution < 1.29 is 23.1 Å². The average Bonchev–Trinajstić information content (AvgIpc) is 2.85. The van der Waals surface area contributed by atoms with E-state index in [0.29, 0.717) is 5.01 Å². The summed E-state index contributed by atoms with van der Waals surface area (Å²) in [6.07, 6.45) is 0. The van der Waals surface area contributed by atoms with Gasteiger partial charge in [-0.15, -0.1) is 11.3 Å². The van der Waals surface area contributed by atoms with Crippen LogP contribution in [-0.4, -0.2) is 49.9 Å². The van der Waals surface area contributed by atoms with E-state index < -0.39 is 22.0 Å². The molecule has 0 fully saturated rings. The summed E-state index contributed by atoms with van der Waals surface area (Å²) >= 11 is 1.11. The smallest absolute Gasteiger partial charge is 0.355 e. The number of hydrogen-bond acceptors (Lipinski definition) is 6. The largest absolute Gasteiger partial charge is 0.476 e. The minimum atomic E-state index is -3.36. The molecule has 20 heavy (non-hydrogen) atoms. The number of carbonyl (C=O) groups is 2. The Morgan fingerprint density at radius 2 is 2.10 bits per heavy atom. The molecule has 0 aliphatic heterocycles. The molecule has 0 aliphatic carbocycles. The lowest BCUT2D eigenvalue weighted by molar-refractivity contribution is 0.0691. The highest BCUT2D eigenvalue weighted by Crippen LogP contribution is 2.08. The van der Waals surface area contributed by atoms with Gasteiger partial charge in [0.05, 0.1) is 12.3 Å². The van der Waals surface area contributed by atoms with Gasteiger partial charge in [-0.3, -0.25) is 0 Å². The van der Waals surface area contributed by atoms with Crippen LogP contribution < -0.4 is 15.4 Å². The Balaban J connectivity index is 2.31. The molecule has 0 aliphatic rings. The second kappa shape index (κ2) is 7.17. The van der Waals surface area contributed by atoms with Gasteiger partial charge in [-0.1, -0.05) is 0 Å². The molecular weight excluding hydrogens is 308 g/mol. The first-order valence-corrected chi connectivity index (χ1v) is 7.98. The van der Waals surface area contributed by atoms with E-state index in [0.717, 1.165) is 11.3 Å². The predicted molar refractivity (Wildman–Crippen MR) is 72.2 cm³/mol. The zero-order chi connectivity index (χ0) is 15.2. The molecule has 0 saturated carbocycles. The number of carbonyl (C=O) groups excluding carboxylic acids is 1. The number of carboxylic acids is 1. The van der Waals surface area contributed by atoms with Gasteiger partial charge in [-0.25, -0.2) is 27.7 Å². The van der Waals surface area contributed by atoms with Crippen molar-refractivity contribution in [1.82, 2.24) is 20.3 Å². The van der Waals surface area contributed by atoms with E-state index in [-0.39, 0.29) is 24.5 Å². The highest BCUT2D eigenvalue weighted by Gasteiger charge is 2.10. The number of thiazole rings is 1. The molecule has 11 heteroatoms. The molecule has 0 unspecified atom stereocenters.